The second kappa shape index (κ2) is 4.60. The van der Waals surface area contributed by atoms with Crippen molar-refractivity contribution >= 4 is 23.0 Å². The molecule has 122 valence electrons. The van der Waals surface area contributed by atoms with Gasteiger partial charge in [-0.15, -0.1) is 0 Å². The van der Waals surface area contributed by atoms with Gasteiger partial charge in [0.15, 0.2) is 29.6 Å². The SMILES string of the molecule is CC1(C)O[C@H]2[C@@H](C(=O)O)OC(n3cnc4c(N)ncnc43)[C@@H]2O1. The number of rotatable bonds is 2. The van der Waals surface area contributed by atoms with Crippen molar-refractivity contribution in [2.45, 2.75) is 44.2 Å². The van der Waals surface area contributed by atoms with Gasteiger partial charge in [-0.3, -0.25) is 4.57 Å². The van der Waals surface area contributed by atoms with E-state index in [0.717, 1.165) is 0 Å². The Kier molecular flexibility index (Phi) is 2.86. The topological polar surface area (TPSA) is 135 Å². The van der Waals surface area contributed by atoms with Crippen LogP contribution in [0.2, 0.25) is 0 Å². The first kappa shape index (κ1) is 14.3. The lowest BCUT2D eigenvalue weighted by Gasteiger charge is -2.23. The molecule has 4 rings (SSSR count). The molecule has 10 nitrogen and oxygen atoms in total. The molecule has 23 heavy (non-hydrogen) atoms. The molecule has 0 bridgehead atoms. The van der Waals surface area contributed by atoms with E-state index in [-0.39, 0.29) is 5.82 Å². The maximum absolute atomic E-state index is 11.5. The maximum Gasteiger partial charge on any atom is 0.335 e. The molecule has 0 aromatic carbocycles. The zero-order valence-corrected chi connectivity index (χ0v) is 12.4. The summed E-state index contributed by atoms with van der Waals surface area (Å²) in [5, 5.41) is 9.37. The standard InChI is InChI=1S/C13H15N5O5/c1-13(2)22-6-7(23-13)11(21-8(6)12(19)20)18-4-17-5-9(14)15-3-16-10(5)18/h3-4,6-8,11H,1-2H3,(H,19,20)(H2,14,15,16)/t6-,7-,8+,11?/m1/s1. The van der Waals surface area contributed by atoms with Crippen LogP contribution in [-0.2, 0) is 19.0 Å². The van der Waals surface area contributed by atoms with Crippen molar-refractivity contribution in [1.29, 1.82) is 0 Å². The number of nitrogens with zero attached hydrogens (tertiary/aromatic N) is 4. The molecule has 2 saturated heterocycles. The fraction of sp³-hybridized carbons (Fsp3) is 0.538. The summed E-state index contributed by atoms with van der Waals surface area (Å²) >= 11 is 0. The third kappa shape index (κ3) is 2.06. The molecule has 3 N–H and O–H groups in total. The maximum atomic E-state index is 11.5. The molecule has 2 fully saturated rings. The van der Waals surface area contributed by atoms with Crippen LogP contribution < -0.4 is 5.73 Å². The van der Waals surface area contributed by atoms with E-state index in [1.165, 1.54) is 12.7 Å². The summed E-state index contributed by atoms with van der Waals surface area (Å²) in [6.07, 6.45) is -0.391. The Balaban J connectivity index is 1.78. The minimum absolute atomic E-state index is 0.238. The van der Waals surface area contributed by atoms with Crippen LogP contribution in [0, 0.1) is 0 Å². The summed E-state index contributed by atoms with van der Waals surface area (Å²) in [7, 11) is 0. The lowest BCUT2D eigenvalue weighted by molar-refractivity contribution is -0.202. The number of carboxylic acids is 1. The molecule has 0 aliphatic carbocycles. The molecule has 1 unspecified atom stereocenters. The average molecular weight is 321 g/mol. The number of imidazole rings is 1. The van der Waals surface area contributed by atoms with Crippen LogP contribution in [-0.4, -0.2) is 54.7 Å². The van der Waals surface area contributed by atoms with Gasteiger partial charge in [0.2, 0.25) is 0 Å². The smallest absolute Gasteiger partial charge is 0.335 e. The predicted octanol–water partition coefficient (Wildman–Crippen LogP) is -0.0894. The lowest BCUT2D eigenvalue weighted by atomic mass is 10.1. The first-order chi connectivity index (χ1) is 10.9. The highest BCUT2D eigenvalue weighted by atomic mass is 16.8. The Labute approximate surface area is 130 Å². The van der Waals surface area contributed by atoms with Gasteiger partial charge in [-0.05, 0) is 13.8 Å². The van der Waals surface area contributed by atoms with E-state index < -0.39 is 36.3 Å². The molecule has 2 aliphatic heterocycles. The van der Waals surface area contributed by atoms with Gasteiger partial charge in [-0.25, -0.2) is 19.7 Å². The van der Waals surface area contributed by atoms with Crippen LogP contribution in [0.5, 0.6) is 0 Å². The number of aromatic nitrogens is 4. The molecule has 2 aliphatic rings. The largest absolute Gasteiger partial charge is 0.479 e. The number of aliphatic carboxylic acids is 1. The Morgan fingerprint density at radius 1 is 1.30 bits per heavy atom. The number of hydrogen-bond donors (Lipinski definition) is 2. The predicted molar refractivity (Wildman–Crippen MR) is 75.1 cm³/mol. The highest BCUT2D eigenvalue weighted by molar-refractivity contribution is 5.81. The zero-order chi connectivity index (χ0) is 16.4. The molecule has 0 spiro atoms. The van der Waals surface area contributed by atoms with Gasteiger partial charge in [0, 0.05) is 0 Å². The monoisotopic (exact) mass is 321 g/mol. The summed E-state index contributed by atoms with van der Waals surface area (Å²) in [6, 6.07) is 0. The third-order valence-electron chi connectivity index (χ3n) is 3.93. The second-order valence-electron chi connectivity index (χ2n) is 5.93. The molecular weight excluding hydrogens is 306 g/mol. The summed E-state index contributed by atoms with van der Waals surface area (Å²) in [6.45, 7) is 3.46. The zero-order valence-electron chi connectivity index (χ0n) is 12.4. The van der Waals surface area contributed by atoms with Crippen molar-refractivity contribution in [3.63, 3.8) is 0 Å². The quantitative estimate of drug-likeness (QED) is 0.777. The van der Waals surface area contributed by atoms with Gasteiger partial charge < -0.3 is 25.1 Å². The molecule has 2 aromatic heterocycles. The third-order valence-corrected chi connectivity index (χ3v) is 3.93. The molecule has 10 heteroatoms. The van der Waals surface area contributed by atoms with Crippen LogP contribution in [0.1, 0.15) is 20.1 Å². The van der Waals surface area contributed by atoms with Crippen LogP contribution in [0.4, 0.5) is 5.82 Å². The van der Waals surface area contributed by atoms with Crippen molar-refractivity contribution in [3.05, 3.63) is 12.7 Å². The summed E-state index contributed by atoms with van der Waals surface area (Å²) in [5.74, 6) is -1.76. The number of ether oxygens (including phenoxy) is 3. The van der Waals surface area contributed by atoms with Crippen molar-refractivity contribution in [1.82, 2.24) is 19.5 Å². The Hall–Kier alpha value is -2.30. The Bertz CT molecular complexity index is 790. The number of nitrogen functional groups attached to an aromatic ring is 1. The second-order valence-corrected chi connectivity index (χ2v) is 5.93. The molecule has 2 aromatic rings. The number of nitrogens with two attached hydrogens (primary N) is 1. The van der Waals surface area contributed by atoms with E-state index >= 15 is 0 Å². The molecular formula is C13H15N5O5. The van der Waals surface area contributed by atoms with Crippen LogP contribution in [0.25, 0.3) is 11.2 Å². The van der Waals surface area contributed by atoms with E-state index in [9.17, 15) is 9.90 Å². The van der Waals surface area contributed by atoms with Gasteiger partial charge in [0.25, 0.3) is 0 Å². The number of carboxylic acid groups (broad SMARTS) is 1. The molecule has 0 radical (unpaired) electrons. The fourth-order valence-corrected chi connectivity index (χ4v) is 3.06. The average Bonchev–Trinajstić information content (AvgIpc) is 3.09. The van der Waals surface area contributed by atoms with Gasteiger partial charge in [0.1, 0.15) is 24.1 Å². The normalized spacial score (nSPS) is 32.3. The van der Waals surface area contributed by atoms with Crippen LogP contribution in [0.15, 0.2) is 12.7 Å². The number of carbonyl (C=O) groups is 1. The number of anilines is 1. The van der Waals surface area contributed by atoms with E-state index in [0.29, 0.717) is 11.2 Å². The summed E-state index contributed by atoms with van der Waals surface area (Å²) in [4.78, 5) is 23.7. The Morgan fingerprint density at radius 2 is 2.04 bits per heavy atom. The van der Waals surface area contributed by atoms with Crippen LogP contribution in [0.3, 0.4) is 0 Å². The van der Waals surface area contributed by atoms with Crippen LogP contribution >= 0.6 is 0 Å². The Morgan fingerprint density at radius 3 is 2.78 bits per heavy atom. The van der Waals surface area contributed by atoms with Crippen molar-refractivity contribution < 1.29 is 24.1 Å². The minimum Gasteiger partial charge on any atom is -0.479 e. The first-order valence-corrected chi connectivity index (χ1v) is 7.04. The molecule has 4 heterocycles. The van der Waals surface area contributed by atoms with Gasteiger partial charge in [-0.1, -0.05) is 0 Å². The summed E-state index contributed by atoms with van der Waals surface area (Å²) in [5.41, 5.74) is 6.64. The van der Waals surface area contributed by atoms with Gasteiger partial charge >= 0.3 is 5.97 Å². The van der Waals surface area contributed by atoms with Crippen molar-refractivity contribution in [2.24, 2.45) is 0 Å². The van der Waals surface area contributed by atoms with Gasteiger partial charge in [-0.2, -0.15) is 0 Å². The highest BCUT2D eigenvalue weighted by Gasteiger charge is 2.58. The van der Waals surface area contributed by atoms with E-state index in [1.54, 1.807) is 18.4 Å². The highest BCUT2D eigenvalue weighted by Crippen LogP contribution is 2.43. The van der Waals surface area contributed by atoms with Gasteiger partial charge in [0.05, 0.1) is 6.33 Å². The molecule has 0 saturated carbocycles. The first-order valence-electron chi connectivity index (χ1n) is 7.04. The summed E-state index contributed by atoms with van der Waals surface area (Å²) < 4.78 is 18.8. The fourth-order valence-electron chi connectivity index (χ4n) is 3.06. The van der Waals surface area contributed by atoms with E-state index in [1.807, 2.05) is 0 Å². The lowest BCUT2D eigenvalue weighted by Crippen LogP contribution is -2.35. The molecule has 4 atom stereocenters. The van der Waals surface area contributed by atoms with Crippen molar-refractivity contribution in [2.75, 3.05) is 5.73 Å². The van der Waals surface area contributed by atoms with E-state index in [2.05, 4.69) is 15.0 Å². The number of fused-ring (bicyclic) bond motifs is 2. The van der Waals surface area contributed by atoms with Crippen molar-refractivity contribution in [3.8, 4) is 0 Å². The minimum atomic E-state index is -1.14. The van der Waals surface area contributed by atoms with E-state index in [4.69, 9.17) is 19.9 Å². The number of hydrogen-bond acceptors (Lipinski definition) is 8. The molecule has 0 amide bonds.